The maximum atomic E-state index is 12.4. The number of aryl methyl sites for hydroxylation is 1. The largest absolute Gasteiger partial charge is 0.364 e. The van der Waals surface area contributed by atoms with Gasteiger partial charge in [-0.15, -0.1) is 0 Å². The monoisotopic (exact) mass is 353 g/mol. The molecule has 25 heavy (non-hydrogen) atoms. The second-order valence-electron chi connectivity index (χ2n) is 5.32. The van der Waals surface area contributed by atoms with E-state index in [1.807, 2.05) is 18.2 Å². The smallest absolute Gasteiger partial charge is 0.274 e. The van der Waals surface area contributed by atoms with Crippen molar-refractivity contribution < 1.29 is 4.79 Å². The standard InChI is InChI=1S/C18H16ClN5O/c1-12-22-16(18(25)24-14-7-4-5-13(19)9-14)10-17(23-12)21-11-15-6-2-3-8-20-15/h2-10H,11H2,1H3,(H,24,25)(H,21,22,23). The number of carbonyl (C=O) groups is 1. The molecule has 0 aliphatic rings. The molecule has 2 heterocycles. The second kappa shape index (κ2) is 7.72. The Balaban J connectivity index is 1.73. The van der Waals surface area contributed by atoms with Crippen LogP contribution in [0.1, 0.15) is 22.0 Å². The molecule has 2 aromatic heterocycles. The summed E-state index contributed by atoms with van der Waals surface area (Å²) in [5.74, 6) is 0.741. The molecule has 3 rings (SSSR count). The van der Waals surface area contributed by atoms with Crippen molar-refractivity contribution in [3.05, 3.63) is 77.0 Å². The lowest BCUT2D eigenvalue weighted by molar-refractivity contribution is 0.102. The topological polar surface area (TPSA) is 79.8 Å². The highest BCUT2D eigenvalue weighted by Crippen LogP contribution is 2.16. The van der Waals surface area contributed by atoms with Crippen LogP contribution in [-0.4, -0.2) is 20.9 Å². The van der Waals surface area contributed by atoms with Gasteiger partial charge in [0, 0.05) is 23.0 Å². The molecule has 2 N–H and O–H groups in total. The summed E-state index contributed by atoms with van der Waals surface area (Å²) in [6.45, 7) is 2.24. The first-order valence-corrected chi connectivity index (χ1v) is 8.04. The van der Waals surface area contributed by atoms with Crippen LogP contribution in [-0.2, 0) is 6.54 Å². The van der Waals surface area contributed by atoms with E-state index < -0.39 is 0 Å². The Morgan fingerprint density at radius 2 is 2.00 bits per heavy atom. The van der Waals surface area contributed by atoms with Crippen molar-refractivity contribution in [2.45, 2.75) is 13.5 Å². The summed E-state index contributed by atoms with van der Waals surface area (Å²) in [4.78, 5) is 25.2. The van der Waals surface area contributed by atoms with Crippen LogP contribution in [0.15, 0.2) is 54.7 Å². The minimum atomic E-state index is -0.325. The molecule has 7 heteroatoms. The number of nitrogens with one attached hydrogen (secondary N) is 2. The maximum Gasteiger partial charge on any atom is 0.274 e. The van der Waals surface area contributed by atoms with Crippen molar-refractivity contribution in [3.63, 3.8) is 0 Å². The van der Waals surface area contributed by atoms with Gasteiger partial charge >= 0.3 is 0 Å². The number of nitrogens with zero attached hydrogens (tertiary/aromatic N) is 3. The first-order chi connectivity index (χ1) is 12.1. The number of rotatable bonds is 5. The molecule has 0 saturated heterocycles. The molecule has 1 aromatic carbocycles. The quantitative estimate of drug-likeness (QED) is 0.731. The lowest BCUT2D eigenvalue weighted by Gasteiger charge is -2.09. The fraction of sp³-hybridized carbons (Fsp3) is 0.111. The van der Waals surface area contributed by atoms with E-state index in [1.165, 1.54) is 0 Å². The molecule has 1 amide bonds. The summed E-state index contributed by atoms with van der Waals surface area (Å²) in [6, 6.07) is 14.2. The Morgan fingerprint density at radius 3 is 2.76 bits per heavy atom. The van der Waals surface area contributed by atoms with Gasteiger partial charge in [-0.1, -0.05) is 23.7 Å². The Labute approximate surface area is 150 Å². The number of carbonyl (C=O) groups excluding carboxylic acids is 1. The van der Waals surface area contributed by atoms with Crippen LogP contribution in [0.5, 0.6) is 0 Å². The van der Waals surface area contributed by atoms with Crippen LogP contribution in [0.4, 0.5) is 11.5 Å². The molecule has 0 radical (unpaired) electrons. The third-order valence-corrected chi connectivity index (χ3v) is 3.56. The van der Waals surface area contributed by atoms with Gasteiger partial charge in [0.2, 0.25) is 0 Å². The molecule has 0 atom stereocenters. The highest BCUT2D eigenvalue weighted by molar-refractivity contribution is 6.30. The summed E-state index contributed by atoms with van der Waals surface area (Å²) in [5, 5.41) is 6.48. The number of amides is 1. The highest BCUT2D eigenvalue weighted by Gasteiger charge is 2.11. The molecule has 126 valence electrons. The van der Waals surface area contributed by atoms with E-state index in [9.17, 15) is 4.79 Å². The van der Waals surface area contributed by atoms with Gasteiger partial charge in [-0.2, -0.15) is 0 Å². The van der Waals surface area contributed by atoms with Gasteiger partial charge < -0.3 is 10.6 Å². The van der Waals surface area contributed by atoms with Crippen molar-refractivity contribution in [1.82, 2.24) is 15.0 Å². The molecule has 0 saturated carbocycles. The van der Waals surface area contributed by atoms with Crippen LogP contribution in [0.2, 0.25) is 5.02 Å². The molecule has 0 aliphatic carbocycles. The van der Waals surface area contributed by atoms with E-state index in [0.29, 0.717) is 28.9 Å². The van der Waals surface area contributed by atoms with Gasteiger partial charge in [0.15, 0.2) is 0 Å². The fourth-order valence-corrected chi connectivity index (χ4v) is 2.41. The summed E-state index contributed by atoms with van der Waals surface area (Å²) < 4.78 is 0. The number of hydrogen-bond donors (Lipinski definition) is 2. The third kappa shape index (κ3) is 4.74. The molecule has 0 bridgehead atoms. The van der Waals surface area contributed by atoms with Crippen molar-refractivity contribution >= 4 is 29.0 Å². The van der Waals surface area contributed by atoms with Gasteiger partial charge in [-0.3, -0.25) is 9.78 Å². The molecule has 6 nitrogen and oxygen atoms in total. The zero-order chi connectivity index (χ0) is 17.6. The van der Waals surface area contributed by atoms with E-state index in [2.05, 4.69) is 25.6 Å². The number of benzene rings is 1. The Hall–Kier alpha value is -2.99. The van der Waals surface area contributed by atoms with Gasteiger partial charge in [0.1, 0.15) is 17.3 Å². The average molecular weight is 354 g/mol. The van der Waals surface area contributed by atoms with Crippen LogP contribution in [0, 0.1) is 6.92 Å². The lowest BCUT2D eigenvalue weighted by Crippen LogP contribution is -2.16. The minimum absolute atomic E-state index is 0.274. The molecule has 0 unspecified atom stereocenters. The van der Waals surface area contributed by atoms with E-state index in [-0.39, 0.29) is 11.6 Å². The van der Waals surface area contributed by atoms with Crippen molar-refractivity contribution in [1.29, 1.82) is 0 Å². The van der Waals surface area contributed by atoms with Crippen LogP contribution < -0.4 is 10.6 Å². The Kier molecular flexibility index (Phi) is 5.20. The van der Waals surface area contributed by atoms with Crippen LogP contribution in [0.3, 0.4) is 0 Å². The Morgan fingerprint density at radius 1 is 1.12 bits per heavy atom. The SMILES string of the molecule is Cc1nc(NCc2ccccn2)cc(C(=O)Nc2cccc(Cl)c2)n1. The Bertz CT molecular complexity index is 886. The van der Waals surface area contributed by atoms with Crippen molar-refractivity contribution in [2.24, 2.45) is 0 Å². The normalized spacial score (nSPS) is 10.3. The number of hydrogen-bond acceptors (Lipinski definition) is 5. The zero-order valence-electron chi connectivity index (χ0n) is 13.5. The van der Waals surface area contributed by atoms with Crippen molar-refractivity contribution in [3.8, 4) is 0 Å². The number of halogens is 1. The summed E-state index contributed by atoms with van der Waals surface area (Å²) >= 11 is 5.93. The maximum absolute atomic E-state index is 12.4. The van der Waals surface area contributed by atoms with E-state index in [0.717, 1.165) is 5.69 Å². The highest BCUT2D eigenvalue weighted by atomic mass is 35.5. The van der Waals surface area contributed by atoms with Gasteiger partial charge in [-0.25, -0.2) is 9.97 Å². The number of pyridine rings is 1. The van der Waals surface area contributed by atoms with E-state index >= 15 is 0 Å². The minimum Gasteiger partial charge on any atom is -0.364 e. The van der Waals surface area contributed by atoms with Crippen LogP contribution >= 0.6 is 11.6 Å². The molecule has 0 aliphatic heterocycles. The first kappa shape index (κ1) is 16.9. The van der Waals surface area contributed by atoms with Crippen LogP contribution in [0.25, 0.3) is 0 Å². The average Bonchev–Trinajstić information content (AvgIpc) is 2.60. The fourth-order valence-electron chi connectivity index (χ4n) is 2.22. The molecule has 0 spiro atoms. The van der Waals surface area contributed by atoms with Crippen molar-refractivity contribution in [2.75, 3.05) is 10.6 Å². The molecule has 3 aromatic rings. The van der Waals surface area contributed by atoms with Gasteiger partial charge in [-0.05, 0) is 37.3 Å². The van der Waals surface area contributed by atoms with Gasteiger partial charge in [0.25, 0.3) is 5.91 Å². The lowest BCUT2D eigenvalue weighted by atomic mass is 10.3. The predicted octanol–water partition coefficient (Wildman–Crippen LogP) is 3.70. The first-order valence-electron chi connectivity index (χ1n) is 7.66. The summed E-state index contributed by atoms with van der Waals surface area (Å²) in [6.07, 6.45) is 1.73. The van der Waals surface area contributed by atoms with E-state index in [1.54, 1.807) is 43.5 Å². The second-order valence-corrected chi connectivity index (χ2v) is 5.76. The van der Waals surface area contributed by atoms with Gasteiger partial charge in [0.05, 0.1) is 12.2 Å². The molecular formula is C18H16ClN5O. The number of anilines is 2. The molecule has 0 fully saturated rings. The zero-order valence-corrected chi connectivity index (χ0v) is 14.3. The summed E-state index contributed by atoms with van der Waals surface area (Å²) in [7, 11) is 0. The predicted molar refractivity (Wildman–Crippen MR) is 97.7 cm³/mol. The third-order valence-electron chi connectivity index (χ3n) is 3.33. The molecular weight excluding hydrogens is 338 g/mol. The van der Waals surface area contributed by atoms with E-state index in [4.69, 9.17) is 11.6 Å². The summed E-state index contributed by atoms with van der Waals surface area (Å²) in [5.41, 5.74) is 1.76. The number of aromatic nitrogens is 3.